The Hall–Kier alpha value is -0.830. The molecular weight excluding hydrogens is 242 g/mol. The molecule has 0 fully saturated rings. The van der Waals surface area contributed by atoms with Gasteiger partial charge in [-0.2, -0.15) is 0 Å². The molecule has 1 aromatic carbocycles. The molecule has 0 aromatic heterocycles. The van der Waals surface area contributed by atoms with Gasteiger partial charge in [-0.15, -0.1) is 0 Å². The summed E-state index contributed by atoms with van der Waals surface area (Å²) in [6.07, 6.45) is 1.57. The van der Waals surface area contributed by atoms with E-state index in [0.29, 0.717) is 6.42 Å². The van der Waals surface area contributed by atoms with E-state index < -0.39 is 0 Å². The average molecular weight is 254 g/mol. The van der Waals surface area contributed by atoms with Crippen molar-refractivity contribution in [1.29, 1.82) is 0 Å². The van der Waals surface area contributed by atoms with E-state index in [9.17, 15) is 4.79 Å². The van der Waals surface area contributed by atoms with Crippen LogP contribution in [0.4, 0.5) is 5.69 Å². The van der Waals surface area contributed by atoms with Gasteiger partial charge in [-0.1, -0.05) is 15.9 Å². The molecule has 74 valence electrons. The Kier molecular flexibility index (Phi) is 2.59. The third-order valence-corrected chi connectivity index (χ3v) is 2.92. The number of Topliss-reactive ketones (excluding diaryl/α,β-unsaturated/α-hetero) is 1. The quantitative estimate of drug-likeness (QED) is 0.879. The lowest BCUT2D eigenvalue weighted by atomic mass is 10.1. The monoisotopic (exact) mass is 253 g/mol. The summed E-state index contributed by atoms with van der Waals surface area (Å²) < 4.78 is 1.10. The maximum Gasteiger partial charge on any atom is 0.131 e. The number of carbonyl (C=O) groups is 1. The summed E-state index contributed by atoms with van der Waals surface area (Å²) >= 11 is 3.44. The molecule has 0 spiro atoms. The molecule has 3 heteroatoms. The van der Waals surface area contributed by atoms with Crippen molar-refractivity contribution in [3.63, 3.8) is 0 Å². The molecule has 0 saturated heterocycles. The Balaban J connectivity index is 2.14. The van der Waals surface area contributed by atoms with Crippen LogP contribution in [-0.4, -0.2) is 11.8 Å². The Morgan fingerprint density at radius 1 is 1.64 bits per heavy atom. The topological polar surface area (TPSA) is 29.1 Å². The van der Waals surface area contributed by atoms with E-state index in [0.717, 1.165) is 10.9 Å². The summed E-state index contributed by atoms with van der Waals surface area (Å²) in [7, 11) is 0. The van der Waals surface area contributed by atoms with Crippen molar-refractivity contribution < 1.29 is 4.79 Å². The fourth-order valence-electron chi connectivity index (χ4n) is 1.88. The lowest BCUT2D eigenvalue weighted by Crippen LogP contribution is -2.18. The fraction of sp³-hybridized carbons (Fsp3) is 0.364. The van der Waals surface area contributed by atoms with Gasteiger partial charge in [0.1, 0.15) is 5.78 Å². The Morgan fingerprint density at radius 3 is 3.14 bits per heavy atom. The number of rotatable bonds is 2. The molecule has 0 aliphatic carbocycles. The molecule has 1 aliphatic rings. The summed E-state index contributed by atoms with van der Waals surface area (Å²) in [5, 5.41) is 3.35. The number of hydrogen-bond acceptors (Lipinski definition) is 2. The van der Waals surface area contributed by atoms with Crippen LogP contribution in [0, 0.1) is 0 Å². The van der Waals surface area contributed by atoms with Crippen LogP contribution >= 0.6 is 15.9 Å². The summed E-state index contributed by atoms with van der Waals surface area (Å²) in [6, 6.07) is 6.47. The van der Waals surface area contributed by atoms with Crippen molar-refractivity contribution in [2.45, 2.75) is 25.8 Å². The molecule has 0 bridgehead atoms. The highest BCUT2D eigenvalue weighted by atomic mass is 79.9. The van der Waals surface area contributed by atoms with Gasteiger partial charge in [-0.3, -0.25) is 4.79 Å². The number of ketones is 1. The van der Waals surface area contributed by atoms with Crippen LogP contribution < -0.4 is 5.32 Å². The van der Waals surface area contributed by atoms with E-state index in [-0.39, 0.29) is 11.8 Å². The number of hydrogen-bond donors (Lipinski definition) is 1. The van der Waals surface area contributed by atoms with Crippen molar-refractivity contribution >= 4 is 27.4 Å². The van der Waals surface area contributed by atoms with Gasteiger partial charge >= 0.3 is 0 Å². The van der Waals surface area contributed by atoms with E-state index in [1.54, 1.807) is 6.92 Å². The van der Waals surface area contributed by atoms with Gasteiger partial charge in [0.25, 0.3) is 0 Å². The largest absolute Gasteiger partial charge is 0.381 e. The molecule has 0 amide bonds. The second-order valence-electron chi connectivity index (χ2n) is 3.75. The normalized spacial score (nSPS) is 18.9. The highest BCUT2D eigenvalue weighted by Crippen LogP contribution is 2.29. The highest BCUT2D eigenvalue weighted by molar-refractivity contribution is 9.10. The second kappa shape index (κ2) is 3.73. The third-order valence-electron chi connectivity index (χ3n) is 2.43. The predicted octanol–water partition coefficient (Wildman–Crippen LogP) is 2.76. The molecule has 0 saturated carbocycles. The first-order valence-electron chi connectivity index (χ1n) is 4.69. The molecule has 0 radical (unpaired) electrons. The Bertz CT molecular complexity index is 376. The molecule has 1 unspecified atom stereocenters. The van der Waals surface area contributed by atoms with Crippen molar-refractivity contribution in [3.05, 3.63) is 28.2 Å². The number of nitrogens with one attached hydrogen (secondary N) is 1. The zero-order valence-corrected chi connectivity index (χ0v) is 9.60. The zero-order valence-electron chi connectivity index (χ0n) is 8.01. The number of anilines is 1. The minimum absolute atomic E-state index is 0.245. The van der Waals surface area contributed by atoms with E-state index in [2.05, 4.69) is 33.4 Å². The van der Waals surface area contributed by atoms with Crippen molar-refractivity contribution in [2.75, 3.05) is 5.32 Å². The maximum atomic E-state index is 11.0. The van der Waals surface area contributed by atoms with Crippen LogP contribution in [0.1, 0.15) is 18.9 Å². The first-order chi connectivity index (χ1) is 6.65. The van der Waals surface area contributed by atoms with E-state index in [4.69, 9.17) is 0 Å². The molecule has 1 aliphatic heterocycles. The van der Waals surface area contributed by atoms with Crippen molar-refractivity contribution in [2.24, 2.45) is 0 Å². The van der Waals surface area contributed by atoms with Crippen LogP contribution in [0.25, 0.3) is 0 Å². The zero-order chi connectivity index (χ0) is 10.1. The maximum absolute atomic E-state index is 11.0. The number of benzene rings is 1. The summed E-state index contributed by atoms with van der Waals surface area (Å²) in [5.74, 6) is 0.245. The lowest BCUT2D eigenvalue weighted by Gasteiger charge is -2.07. The van der Waals surface area contributed by atoms with Crippen LogP contribution in [0.3, 0.4) is 0 Å². The molecule has 1 heterocycles. The molecular formula is C11H12BrNO. The van der Waals surface area contributed by atoms with Gasteiger partial charge in [-0.05, 0) is 37.1 Å². The Labute approximate surface area is 91.8 Å². The van der Waals surface area contributed by atoms with Crippen LogP contribution in [0.5, 0.6) is 0 Å². The predicted molar refractivity (Wildman–Crippen MR) is 60.6 cm³/mol. The van der Waals surface area contributed by atoms with E-state index in [1.165, 1.54) is 11.3 Å². The molecule has 1 atom stereocenters. The Morgan fingerprint density at radius 2 is 2.43 bits per heavy atom. The first-order valence-corrected chi connectivity index (χ1v) is 5.49. The van der Waals surface area contributed by atoms with Gasteiger partial charge in [0.05, 0.1) is 0 Å². The van der Waals surface area contributed by atoms with Gasteiger partial charge in [0.2, 0.25) is 0 Å². The molecule has 1 aromatic rings. The number of fused-ring (bicyclic) bond motifs is 1. The van der Waals surface area contributed by atoms with E-state index in [1.807, 2.05) is 6.07 Å². The summed E-state index contributed by atoms with van der Waals surface area (Å²) in [6.45, 7) is 1.64. The summed E-state index contributed by atoms with van der Waals surface area (Å²) in [5.41, 5.74) is 2.46. The lowest BCUT2D eigenvalue weighted by molar-refractivity contribution is -0.117. The minimum Gasteiger partial charge on any atom is -0.381 e. The SMILES string of the molecule is CC(=O)CC1Cc2cc(Br)ccc2N1. The van der Waals surface area contributed by atoms with Gasteiger partial charge in [0.15, 0.2) is 0 Å². The molecule has 1 N–H and O–H groups in total. The number of carbonyl (C=O) groups excluding carboxylic acids is 1. The van der Waals surface area contributed by atoms with Gasteiger partial charge in [0, 0.05) is 22.6 Å². The standard InChI is InChI=1S/C11H12BrNO/c1-7(14)4-10-6-8-5-9(12)2-3-11(8)13-10/h2-3,5,10,13H,4,6H2,1H3. The molecule has 2 rings (SSSR count). The first kappa shape index (κ1) is 9.71. The average Bonchev–Trinajstić information content (AvgIpc) is 2.44. The number of halogens is 1. The third kappa shape index (κ3) is 1.98. The fourth-order valence-corrected chi connectivity index (χ4v) is 2.29. The van der Waals surface area contributed by atoms with Crippen LogP contribution in [-0.2, 0) is 11.2 Å². The molecule has 2 nitrogen and oxygen atoms in total. The minimum atomic E-state index is 0.245. The van der Waals surface area contributed by atoms with Gasteiger partial charge < -0.3 is 5.32 Å². The molecule has 14 heavy (non-hydrogen) atoms. The smallest absolute Gasteiger partial charge is 0.131 e. The highest BCUT2D eigenvalue weighted by Gasteiger charge is 2.21. The van der Waals surface area contributed by atoms with Crippen molar-refractivity contribution in [1.82, 2.24) is 0 Å². The van der Waals surface area contributed by atoms with Crippen LogP contribution in [0.15, 0.2) is 22.7 Å². The second-order valence-corrected chi connectivity index (χ2v) is 4.67. The van der Waals surface area contributed by atoms with E-state index >= 15 is 0 Å². The summed E-state index contributed by atoms with van der Waals surface area (Å²) in [4.78, 5) is 11.0. The van der Waals surface area contributed by atoms with Crippen molar-refractivity contribution in [3.8, 4) is 0 Å². The van der Waals surface area contributed by atoms with Gasteiger partial charge in [-0.25, -0.2) is 0 Å². The van der Waals surface area contributed by atoms with Crippen LogP contribution in [0.2, 0.25) is 0 Å².